The average Bonchev–Trinajstić information content (AvgIpc) is 2.31. The molecule has 2 unspecified atom stereocenters. The topological polar surface area (TPSA) is 41.3 Å². The molecular weight excluding hydrogens is 162 g/mol. The van der Waals surface area contributed by atoms with Gasteiger partial charge in [0.05, 0.1) is 6.17 Å². The van der Waals surface area contributed by atoms with E-state index in [9.17, 15) is 0 Å². The Morgan fingerprint density at radius 3 is 2.46 bits per heavy atom. The second kappa shape index (κ2) is 3.95. The Kier molecular flexibility index (Phi) is 3.33. The Balaban J connectivity index is 2.33. The van der Waals surface area contributed by atoms with Gasteiger partial charge in [-0.1, -0.05) is 0 Å². The largest absolute Gasteiger partial charge is 0.316 e. The third-order valence-corrected chi connectivity index (χ3v) is 2.43. The fourth-order valence-electron chi connectivity index (χ4n) is 1.89. The highest BCUT2D eigenvalue weighted by atomic mass is 15.3. The molecule has 3 N–H and O–H groups in total. The Morgan fingerprint density at radius 1 is 1.46 bits per heavy atom. The van der Waals surface area contributed by atoms with Gasteiger partial charge in [-0.2, -0.15) is 0 Å². The molecule has 2 atom stereocenters. The molecule has 0 radical (unpaired) electrons. The second-order valence-electron chi connectivity index (χ2n) is 5.12. The summed E-state index contributed by atoms with van der Waals surface area (Å²) >= 11 is 0. The zero-order valence-corrected chi connectivity index (χ0v) is 9.30. The van der Waals surface area contributed by atoms with Crippen molar-refractivity contribution < 1.29 is 0 Å². The van der Waals surface area contributed by atoms with Crippen LogP contribution in [0.3, 0.4) is 0 Å². The van der Waals surface area contributed by atoms with E-state index < -0.39 is 0 Å². The highest BCUT2D eigenvalue weighted by molar-refractivity contribution is 4.86. The van der Waals surface area contributed by atoms with Crippen molar-refractivity contribution in [2.24, 2.45) is 5.73 Å². The molecule has 0 bridgehead atoms. The van der Waals surface area contributed by atoms with Crippen LogP contribution in [0.4, 0.5) is 0 Å². The highest BCUT2D eigenvalue weighted by Crippen LogP contribution is 2.13. The maximum Gasteiger partial charge on any atom is 0.0543 e. The van der Waals surface area contributed by atoms with Crippen LogP contribution in [0.1, 0.15) is 34.1 Å². The predicted molar refractivity (Wildman–Crippen MR) is 56.5 cm³/mol. The van der Waals surface area contributed by atoms with Crippen molar-refractivity contribution in [2.45, 2.75) is 51.9 Å². The smallest absolute Gasteiger partial charge is 0.0543 e. The molecule has 0 saturated carbocycles. The molecule has 1 heterocycles. The third kappa shape index (κ3) is 3.63. The van der Waals surface area contributed by atoms with Crippen molar-refractivity contribution in [1.82, 2.24) is 10.2 Å². The van der Waals surface area contributed by atoms with Crippen molar-refractivity contribution in [3.05, 3.63) is 0 Å². The summed E-state index contributed by atoms with van der Waals surface area (Å²) in [6.45, 7) is 10.9. The fraction of sp³-hybridized carbons (Fsp3) is 1.00. The molecular formula is C10H23N3. The van der Waals surface area contributed by atoms with E-state index in [-0.39, 0.29) is 11.7 Å². The van der Waals surface area contributed by atoms with Crippen molar-refractivity contribution in [1.29, 1.82) is 0 Å². The summed E-state index contributed by atoms with van der Waals surface area (Å²) in [5, 5.41) is 3.61. The van der Waals surface area contributed by atoms with Gasteiger partial charge in [-0.25, -0.2) is 0 Å². The Bertz CT molecular complexity index is 160. The Labute approximate surface area is 81.7 Å². The lowest BCUT2D eigenvalue weighted by Gasteiger charge is -2.26. The summed E-state index contributed by atoms with van der Waals surface area (Å²) in [5.74, 6) is 0. The van der Waals surface area contributed by atoms with E-state index in [0.29, 0.717) is 6.04 Å². The zero-order valence-electron chi connectivity index (χ0n) is 9.30. The van der Waals surface area contributed by atoms with Crippen molar-refractivity contribution >= 4 is 0 Å². The first kappa shape index (κ1) is 11.0. The molecule has 0 aromatic heterocycles. The van der Waals surface area contributed by atoms with Gasteiger partial charge in [-0.3, -0.25) is 4.90 Å². The maximum atomic E-state index is 5.82. The summed E-state index contributed by atoms with van der Waals surface area (Å²) < 4.78 is 0. The van der Waals surface area contributed by atoms with Crippen LogP contribution in [0.5, 0.6) is 0 Å². The Hall–Kier alpha value is -0.120. The van der Waals surface area contributed by atoms with Crippen molar-refractivity contribution in [3.8, 4) is 0 Å². The standard InChI is InChI=1S/C10H23N3/c1-8(11)13-6-5-9(7-13)12-10(2,3)4/h8-9,12H,5-7,11H2,1-4H3. The van der Waals surface area contributed by atoms with Gasteiger partial charge in [0.25, 0.3) is 0 Å². The molecule has 1 saturated heterocycles. The van der Waals surface area contributed by atoms with Crippen LogP contribution >= 0.6 is 0 Å². The van der Waals surface area contributed by atoms with Gasteiger partial charge in [0, 0.05) is 24.7 Å². The minimum absolute atomic E-state index is 0.201. The first-order valence-electron chi connectivity index (χ1n) is 5.16. The number of rotatable bonds is 2. The normalized spacial score (nSPS) is 27.9. The highest BCUT2D eigenvalue weighted by Gasteiger charge is 2.26. The lowest BCUT2D eigenvalue weighted by molar-refractivity contribution is 0.250. The SMILES string of the molecule is CC(N)N1CCC(NC(C)(C)C)C1. The molecule has 13 heavy (non-hydrogen) atoms. The second-order valence-corrected chi connectivity index (χ2v) is 5.12. The van der Waals surface area contributed by atoms with Gasteiger partial charge in [0.15, 0.2) is 0 Å². The molecule has 0 aromatic carbocycles. The number of nitrogens with two attached hydrogens (primary N) is 1. The molecule has 3 nitrogen and oxygen atoms in total. The minimum atomic E-state index is 0.201. The van der Waals surface area contributed by atoms with Crippen LogP contribution in [0.2, 0.25) is 0 Å². The van der Waals surface area contributed by atoms with Gasteiger partial charge < -0.3 is 11.1 Å². The number of nitrogens with one attached hydrogen (secondary N) is 1. The van der Waals surface area contributed by atoms with E-state index in [1.807, 2.05) is 0 Å². The number of hydrogen-bond acceptors (Lipinski definition) is 3. The molecule has 1 aliphatic heterocycles. The van der Waals surface area contributed by atoms with E-state index in [1.165, 1.54) is 6.42 Å². The fourth-order valence-corrected chi connectivity index (χ4v) is 1.89. The molecule has 0 aliphatic carbocycles. The first-order chi connectivity index (χ1) is 5.88. The van der Waals surface area contributed by atoms with Gasteiger partial charge >= 0.3 is 0 Å². The van der Waals surface area contributed by atoms with Crippen LogP contribution < -0.4 is 11.1 Å². The van der Waals surface area contributed by atoms with Gasteiger partial charge in [0.2, 0.25) is 0 Å². The third-order valence-electron chi connectivity index (χ3n) is 2.43. The Morgan fingerprint density at radius 2 is 2.08 bits per heavy atom. The summed E-state index contributed by atoms with van der Waals surface area (Å²) in [6.07, 6.45) is 1.42. The molecule has 1 aliphatic rings. The zero-order chi connectivity index (χ0) is 10.1. The molecule has 1 fully saturated rings. The van der Waals surface area contributed by atoms with E-state index >= 15 is 0 Å². The van der Waals surface area contributed by atoms with Crippen molar-refractivity contribution in [2.75, 3.05) is 13.1 Å². The van der Waals surface area contributed by atoms with Gasteiger partial charge in [-0.05, 0) is 34.1 Å². The summed E-state index contributed by atoms with van der Waals surface area (Å²) in [7, 11) is 0. The summed E-state index contributed by atoms with van der Waals surface area (Å²) in [6, 6.07) is 0.617. The minimum Gasteiger partial charge on any atom is -0.316 e. The lowest BCUT2D eigenvalue weighted by atomic mass is 10.1. The molecule has 3 heteroatoms. The number of likely N-dealkylation sites (tertiary alicyclic amines) is 1. The van der Waals surface area contributed by atoms with Crippen LogP contribution in [-0.4, -0.2) is 35.7 Å². The molecule has 0 amide bonds. The molecule has 0 spiro atoms. The number of nitrogens with zero attached hydrogens (tertiary/aromatic N) is 1. The van der Waals surface area contributed by atoms with Crippen LogP contribution in [0.25, 0.3) is 0 Å². The maximum absolute atomic E-state index is 5.82. The van der Waals surface area contributed by atoms with E-state index in [0.717, 1.165) is 13.1 Å². The average molecular weight is 185 g/mol. The van der Waals surface area contributed by atoms with Crippen LogP contribution in [-0.2, 0) is 0 Å². The van der Waals surface area contributed by atoms with E-state index in [1.54, 1.807) is 0 Å². The van der Waals surface area contributed by atoms with E-state index in [4.69, 9.17) is 5.73 Å². The lowest BCUT2D eigenvalue weighted by Crippen LogP contribution is -2.46. The monoisotopic (exact) mass is 185 g/mol. The van der Waals surface area contributed by atoms with Gasteiger partial charge in [0.1, 0.15) is 0 Å². The van der Waals surface area contributed by atoms with Crippen molar-refractivity contribution in [3.63, 3.8) is 0 Å². The summed E-state index contributed by atoms with van der Waals surface area (Å²) in [4.78, 5) is 2.32. The summed E-state index contributed by atoms with van der Waals surface area (Å²) in [5.41, 5.74) is 6.04. The van der Waals surface area contributed by atoms with Gasteiger partial charge in [-0.15, -0.1) is 0 Å². The molecule has 78 valence electrons. The predicted octanol–water partition coefficient (Wildman–Crippen LogP) is 0.754. The van der Waals surface area contributed by atoms with Crippen LogP contribution in [0, 0.1) is 0 Å². The van der Waals surface area contributed by atoms with E-state index in [2.05, 4.69) is 37.9 Å². The number of hydrogen-bond donors (Lipinski definition) is 2. The molecule has 1 rings (SSSR count). The first-order valence-corrected chi connectivity index (χ1v) is 5.16. The molecule has 0 aromatic rings. The van der Waals surface area contributed by atoms with Crippen LogP contribution in [0.15, 0.2) is 0 Å². The quantitative estimate of drug-likeness (QED) is 0.667.